The molecule has 0 unspecified atom stereocenters. The van der Waals surface area contributed by atoms with E-state index in [1.165, 1.54) is 0 Å². The molecule has 0 aromatic heterocycles. The summed E-state index contributed by atoms with van der Waals surface area (Å²) < 4.78 is 0. The molecular formula is C29H21Cl2NO3. The van der Waals surface area contributed by atoms with Crippen molar-refractivity contribution in [1.29, 1.82) is 0 Å². The monoisotopic (exact) mass is 501 g/mol. The molecule has 1 N–H and O–H groups in total. The first kappa shape index (κ1) is 24.4. The van der Waals surface area contributed by atoms with Crippen LogP contribution in [0.1, 0.15) is 27.4 Å². The lowest BCUT2D eigenvalue weighted by atomic mass is 9.74. The second-order valence-electron chi connectivity index (χ2n) is 7.97. The maximum atomic E-state index is 13.8. The summed E-state index contributed by atoms with van der Waals surface area (Å²) in [7, 11) is 0. The molecule has 1 amide bonds. The third-order valence-corrected chi connectivity index (χ3v) is 6.17. The van der Waals surface area contributed by atoms with E-state index in [2.05, 4.69) is 5.32 Å². The molecular weight excluding hydrogens is 481 g/mol. The number of carbonyl (C=O) groups excluding carboxylic acids is 3. The number of hydrogen-bond acceptors (Lipinski definition) is 3. The molecule has 6 heteroatoms. The molecule has 174 valence electrons. The molecule has 0 spiro atoms. The van der Waals surface area contributed by atoms with E-state index in [9.17, 15) is 14.4 Å². The van der Waals surface area contributed by atoms with Gasteiger partial charge in [-0.1, -0.05) is 83.9 Å². The Hall–Kier alpha value is -3.73. The molecule has 0 aliphatic carbocycles. The Morgan fingerprint density at radius 1 is 0.600 bits per heavy atom. The lowest BCUT2D eigenvalue weighted by Gasteiger charge is -2.26. The molecule has 4 aromatic rings. The highest BCUT2D eigenvalue weighted by Crippen LogP contribution is 2.35. The van der Waals surface area contributed by atoms with Gasteiger partial charge in [0.05, 0.1) is 0 Å². The Morgan fingerprint density at radius 2 is 1.06 bits per heavy atom. The number of carbonyl (C=O) groups is 3. The number of hydrogen-bond donors (Lipinski definition) is 1. The molecule has 0 saturated carbocycles. The molecule has 4 rings (SSSR count). The van der Waals surface area contributed by atoms with Crippen molar-refractivity contribution in [2.75, 3.05) is 5.32 Å². The van der Waals surface area contributed by atoms with E-state index in [-0.39, 0.29) is 0 Å². The van der Waals surface area contributed by atoms with Crippen molar-refractivity contribution in [2.24, 2.45) is 5.92 Å². The number of halogens is 2. The topological polar surface area (TPSA) is 63.2 Å². The van der Waals surface area contributed by atoms with Gasteiger partial charge in [0.1, 0.15) is 5.92 Å². The molecule has 4 nitrogen and oxygen atoms in total. The maximum absolute atomic E-state index is 13.8. The molecule has 0 radical (unpaired) electrons. The summed E-state index contributed by atoms with van der Waals surface area (Å²) in [5.74, 6) is -4.15. The van der Waals surface area contributed by atoms with Crippen molar-refractivity contribution in [1.82, 2.24) is 0 Å². The zero-order valence-corrected chi connectivity index (χ0v) is 20.0. The second-order valence-corrected chi connectivity index (χ2v) is 8.85. The van der Waals surface area contributed by atoms with Gasteiger partial charge in [0.2, 0.25) is 5.78 Å². The first-order chi connectivity index (χ1) is 16.9. The van der Waals surface area contributed by atoms with Gasteiger partial charge in [0.15, 0.2) is 5.78 Å². The SMILES string of the molecule is O=C(Nc1ccc(Cl)cc1)C(=O)[C@H](C(=O)c1ccc(Cl)cc1)C(c1ccccc1)c1ccccc1. The van der Waals surface area contributed by atoms with Crippen LogP contribution in [0.5, 0.6) is 0 Å². The Labute approximate surface area is 213 Å². The van der Waals surface area contributed by atoms with Gasteiger partial charge in [-0.25, -0.2) is 0 Å². The average Bonchev–Trinajstić information content (AvgIpc) is 2.89. The van der Waals surface area contributed by atoms with Crippen LogP contribution < -0.4 is 5.32 Å². The zero-order valence-electron chi connectivity index (χ0n) is 18.5. The summed E-state index contributed by atoms with van der Waals surface area (Å²) in [5.41, 5.74) is 2.20. The Kier molecular flexibility index (Phi) is 7.76. The number of ketones is 2. The van der Waals surface area contributed by atoms with Gasteiger partial charge in [-0.3, -0.25) is 14.4 Å². The third-order valence-electron chi connectivity index (χ3n) is 5.67. The Morgan fingerprint density at radius 3 is 1.54 bits per heavy atom. The summed E-state index contributed by atoms with van der Waals surface area (Å²) in [6.45, 7) is 0. The first-order valence-electron chi connectivity index (χ1n) is 10.9. The fraction of sp³-hybridized carbons (Fsp3) is 0.0690. The maximum Gasteiger partial charge on any atom is 0.292 e. The molecule has 4 aromatic carbocycles. The minimum atomic E-state index is -1.30. The van der Waals surface area contributed by atoms with Crippen LogP contribution in [0.2, 0.25) is 10.0 Å². The van der Waals surface area contributed by atoms with E-state index < -0.39 is 29.3 Å². The number of Topliss-reactive ketones (excluding diaryl/α,β-unsaturated/α-hetero) is 2. The molecule has 0 fully saturated rings. The number of anilines is 1. The van der Waals surface area contributed by atoms with Crippen LogP contribution in [0.25, 0.3) is 0 Å². The Balaban J connectivity index is 1.79. The zero-order chi connectivity index (χ0) is 24.8. The van der Waals surface area contributed by atoms with Gasteiger partial charge < -0.3 is 5.32 Å². The smallest absolute Gasteiger partial charge is 0.292 e. The third kappa shape index (κ3) is 5.86. The van der Waals surface area contributed by atoms with Crippen molar-refractivity contribution < 1.29 is 14.4 Å². The molecule has 35 heavy (non-hydrogen) atoms. The van der Waals surface area contributed by atoms with E-state index in [0.29, 0.717) is 21.3 Å². The van der Waals surface area contributed by atoms with Crippen molar-refractivity contribution in [3.63, 3.8) is 0 Å². The lowest BCUT2D eigenvalue weighted by Crippen LogP contribution is -2.38. The Bertz CT molecular complexity index is 1280. The summed E-state index contributed by atoms with van der Waals surface area (Å²) in [5, 5.41) is 3.57. The van der Waals surface area contributed by atoms with Crippen molar-refractivity contribution >= 4 is 46.4 Å². The van der Waals surface area contributed by atoms with Gasteiger partial charge in [0, 0.05) is 27.2 Å². The van der Waals surface area contributed by atoms with Crippen molar-refractivity contribution in [3.8, 4) is 0 Å². The lowest BCUT2D eigenvalue weighted by molar-refractivity contribution is -0.136. The van der Waals surface area contributed by atoms with Gasteiger partial charge in [0.25, 0.3) is 5.91 Å². The molecule has 1 atom stereocenters. The van der Waals surface area contributed by atoms with Crippen LogP contribution in [-0.4, -0.2) is 17.5 Å². The predicted molar refractivity (Wildman–Crippen MR) is 139 cm³/mol. The van der Waals surface area contributed by atoms with Crippen molar-refractivity contribution in [2.45, 2.75) is 5.92 Å². The van der Waals surface area contributed by atoms with E-state index in [4.69, 9.17) is 23.2 Å². The van der Waals surface area contributed by atoms with E-state index in [0.717, 1.165) is 11.1 Å². The van der Waals surface area contributed by atoms with E-state index in [1.807, 2.05) is 60.7 Å². The first-order valence-corrected chi connectivity index (χ1v) is 11.7. The van der Waals surface area contributed by atoms with Crippen LogP contribution in [0.4, 0.5) is 5.69 Å². The standard InChI is InChI=1S/C29H21Cl2NO3/c30-22-13-11-21(12-14-22)27(33)26(28(34)29(35)32-24-17-15-23(31)16-18-24)25(19-7-3-1-4-8-19)20-9-5-2-6-10-20/h1-18,25-26H,(H,32,35)/t26-/m0/s1. The highest BCUT2D eigenvalue weighted by molar-refractivity contribution is 6.45. The summed E-state index contributed by atoms with van der Waals surface area (Å²) in [6.07, 6.45) is 0. The highest BCUT2D eigenvalue weighted by atomic mass is 35.5. The largest absolute Gasteiger partial charge is 0.319 e. The number of benzene rings is 4. The molecule has 0 saturated heterocycles. The fourth-order valence-corrected chi connectivity index (χ4v) is 4.23. The van der Waals surface area contributed by atoms with E-state index in [1.54, 1.807) is 48.5 Å². The molecule has 0 bridgehead atoms. The normalized spacial score (nSPS) is 11.6. The van der Waals surface area contributed by atoms with Gasteiger partial charge in [-0.05, 0) is 59.7 Å². The fourth-order valence-electron chi connectivity index (χ4n) is 3.98. The average molecular weight is 502 g/mol. The minimum absolute atomic E-state index is 0.295. The van der Waals surface area contributed by atoms with Gasteiger partial charge in [-0.2, -0.15) is 0 Å². The number of amides is 1. The van der Waals surface area contributed by atoms with Crippen LogP contribution >= 0.6 is 23.2 Å². The second kappa shape index (κ2) is 11.1. The van der Waals surface area contributed by atoms with Gasteiger partial charge >= 0.3 is 0 Å². The summed E-state index contributed by atoms with van der Waals surface area (Å²) >= 11 is 11.9. The predicted octanol–water partition coefficient (Wildman–Crippen LogP) is 6.83. The number of rotatable bonds is 8. The molecule has 0 heterocycles. The molecule has 0 aliphatic rings. The van der Waals surface area contributed by atoms with E-state index >= 15 is 0 Å². The van der Waals surface area contributed by atoms with Gasteiger partial charge in [-0.15, -0.1) is 0 Å². The van der Waals surface area contributed by atoms with Crippen LogP contribution in [0.3, 0.4) is 0 Å². The summed E-state index contributed by atoms with van der Waals surface area (Å²) in [4.78, 5) is 40.7. The summed E-state index contributed by atoms with van der Waals surface area (Å²) in [6, 6.07) is 31.2. The molecule has 0 aliphatic heterocycles. The van der Waals surface area contributed by atoms with Crippen LogP contribution in [-0.2, 0) is 9.59 Å². The van der Waals surface area contributed by atoms with Crippen LogP contribution in [0.15, 0.2) is 109 Å². The van der Waals surface area contributed by atoms with Crippen LogP contribution in [0, 0.1) is 5.92 Å². The minimum Gasteiger partial charge on any atom is -0.319 e. The highest BCUT2D eigenvalue weighted by Gasteiger charge is 2.40. The quantitative estimate of drug-likeness (QED) is 0.163. The van der Waals surface area contributed by atoms with Crippen molar-refractivity contribution in [3.05, 3.63) is 136 Å². The number of nitrogens with one attached hydrogen (secondary N) is 1.